The number of para-hydroxylation sites is 2. The van der Waals surface area contributed by atoms with Gasteiger partial charge in [0.2, 0.25) is 0 Å². The molecule has 0 radical (unpaired) electrons. The summed E-state index contributed by atoms with van der Waals surface area (Å²) in [6, 6.07) is 73.5. The molecule has 4 heterocycles. The van der Waals surface area contributed by atoms with Crippen LogP contribution in [-0.4, -0.2) is 19.9 Å². The van der Waals surface area contributed by atoms with Gasteiger partial charge in [0, 0.05) is 44.6 Å². The van der Waals surface area contributed by atoms with Crippen LogP contribution in [0, 0.1) is 13.8 Å². The summed E-state index contributed by atoms with van der Waals surface area (Å²) in [5, 5.41) is 2.39. The number of fused-ring (bicyclic) bond motifs is 13. The molecule has 14 rings (SSSR count). The zero-order valence-corrected chi connectivity index (χ0v) is 39.1. The van der Waals surface area contributed by atoms with E-state index in [1.165, 1.54) is 37.9 Å². The van der Waals surface area contributed by atoms with Gasteiger partial charge in [0.25, 0.3) is 0 Å². The van der Waals surface area contributed by atoms with Crippen molar-refractivity contribution < 1.29 is 4.74 Å². The maximum absolute atomic E-state index is 7.16. The molecule has 1 unspecified atom stereocenters. The Hall–Kier alpha value is -8.65. The highest BCUT2D eigenvalue weighted by atomic mass is 32.2. The Balaban J connectivity index is 0.983. The molecular formula is C63H41N5OS. The second-order valence-corrected chi connectivity index (χ2v) is 19.4. The molecule has 70 heavy (non-hydrogen) atoms. The molecule has 7 heteroatoms. The number of benzene rings is 9. The first-order valence-electron chi connectivity index (χ1n) is 23.6. The first kappa shape index (κ1) is 40.4. The van der Waals surface area contributed by atoms with E-state index in [9.17, 15) is 0 Å². The average molecular weight is 916 g/mol. The minimum Gasteiger partial charge on any atom is -0.452 e. The van der Waals surface area contributed by atoms with Crippen LogP contribution in [0.4, 0.5) is 17.1 Å². The van der Waals surface area contributed by atoms with E-state index in [4.69, 9.17) is 24.7 Å². The van der Waals surface area contributed by atoms with Gasteiger partial charge in [0.1, 0.15) is 0 Å². The number of hydrogen-bond acceptors (Lipinski definition) is 7. The molecule has 11 aromatic rings. The van der Waals surface area contributed by atoms with Gasteiger partial charge in [-0.3, -0.25) is 4.98 Å². The van der Waals surface area contributed by atoms with Crippen LogP contribution in [0.3, 0.4) is 0 Å². The second-order valence-electron chi connectivity index (χ2n) is 18.3. The smallest absolute Gasteiger partial charge is 0.165 e. The lowest BCUT2D eigenvalue weighted by Crippen LogP contribution is -2.32. The van der Waals surface area contributed by atoms with Crippen molar-refractivity contribution in [3.05, 3.63) is 246 Å². The average Bonchev–Trinajstić information content (AvgIpc) is 3.70. The van der Waals surface area contributed by atoms with Crippen molar-refractivity contribution in [2.24, 2.45) is 0 Å². The number of pyridine rings is 1. The van der Waals surface area contributed by atoms with Gasteiger partial charge in [-0.2, -0.15) is 0 Å². The lowest BCUT2D eigenvalue weighted by Gasteiger charge is -2.42. The third-order valence-electron chi connectivity index (χ3n) is 14.2. The number of hydrogen-bond donors (Lipinski definition) is 0. The standard InChI is InChI=1S/C63H41N5OS/c1-38-23-27-41(28-24-38)60-65-61(42-29-25-39(2)26-30-42)67-62(66-60)47-16-6-5-15-46(47)44-36-52-57(64-37-44)48-17-7-8-18-49(48)63(52)50-19-9-12-22-56(50)70-59-51(63)33-34-54-58(59)69-55-21-11-10-20-53(55)68(54)45-32-31-40-13-3-4-14-43(40)35-45/h3-37H,1-2H3. The second kappa shape index (κ2) is 15.7. The minimum atomic E-state index is -0.728. The van der Waals surface area contributed by atoms with E-state index in [-0.39, 0.29) is 0 Å². The molecule has 0 saturated heterocycles. The number of aryl methyl sites for hydroxylation is 2. The van der Waals surface area contributed by atoms with Gasteiger partial charge in [-0.1, -0.05) is 187 Å². The lowest BCUT2D eigenvalue weighted by atomic mass is 9.67. The Bertz CT molecular complexity index is 3880. The Morgan fingerprint density at radius 3 is 1.86 bits per heavy atom. The van der Waals surface area contributed by atoms with Crippen LogP contribution in [0.2, 0.25) is 0 Å². The fourth-order valence-electron chi connectivity index (χ4n) is 10.9. The van der Waals surface area contributed by atoms with E-state index in [1.54, 1.807) is 11.8 Å². The predicted octanol–water partition coefficient (Wildman–Crippen LogP) is 16.1. The highest BCUT2D eigenvalue weighted by molar-refractivity contribution is 7.99. The van der Waals surface area contributed by atoms with Gasteiger partial charge >= 0.3 is 0 Å². The Morgan fingerprint density at radius 1 is 0.457 bits per heavy atom. The quantitative estimate of drug-likeness (QED) is 0.170. The molecule has 0 saturated carbocycles. The Labute approximate surface area is 410 Å². The highest BCUT2D eigenvalue weighted by Crippen LogP contribution is 2.66. The van der Waals surface area contributed by atoms with E-state index in [0.717, 1.165) is 83.7 Å². The maximum Gasteiger partial charge on any atom is 0.165 e. The molecule has 2 aliphatic heterocycles. The van der Waals surface area contributed by atoms with Gasteiger partial charge < -0.3 is 9.64 Å². The fraction of sp³-hybridized carbons (Fsp3) is 0.0476. The summed E-state index contributed by atoms with van der Waals surface area (Å²) >= 11 is 1.79. The summed E-state index contributed by atoms with van der Waals surface area (Å²) < 4.78 is 7.16. The van der Waals surface area contributed by atoms with Crippen molar-refractivity contribution in [3.63, 3.8) is 0 Å². The minimum absolute atomic E-state index is 0.597. The molecule has 1 aliphatic carbocycles. The molecule has 0 fully saturated rings. The fourth-order valence-corrected chi connectivity index (χ4v) is 12.1. The molecule has 1 atom stereocenters. The van der Waals surface area contributed by atoms with Crippen molar-refractivity contribution in [2.75, 3.05) is 4.90 Å². The van der Waals surface area contributed by atoms with E-state index in [0.29, 0.717) is 17.5 Å². The van der Waals surface area contributed by atoms with Crippen LogP contribution in [0.15, 0.2) is 222 Å². The van der Waals surface area contributed by atoms with Crippen LogP contribution in [0.25, 0.3) is 67.3 Å². The summed E-state index contributed by atoms with van der Waals surface area (Å²) in [5.74, 6) is 3.49. The number of anilines is 3. The molecule has 3 aliphatic rings. The molecule has 9 aromatic carbocycles. The number of rotatable bonds is 5. The van der Waals surface area contributed by atoms with Crippen LogP contribution >= 0.6 is 11.8 Å². The molecule has 1 spiro atoms. The first-order valence-corrected chi connectivity index (χ1v) is 24.4. The van der Waals surface area contributed by atoms with E-state index in [2.05, 4.69) is 225 Å². The monoisotopic (exact) mass is 915 g/mol. The van der Waals surface area contributed by atoms with Gasteiger partial charge in [0.15, 0.2) is 29.0 Å². The first-order chi connectivity index (χ1) is 34.5. The van der Waals surface area contributed by atoms with Crippen molar-refractivity contribution >= 4 is 39.6 Å². The molecule has 0 amide bonds. The topological polar surface area (TPSA) is 64.0 Å². The number of ether oxygens (including phenoxy) is 1. The zero-order valence-electron chi connectivity index (χ0n) is 38.3. The predicted molar refractivity (Wildman–Crippen MR) is 283 cm³/mol. The van der Waals surface area contributed by atoms with E-state index in [1.807, 2.05) is 6.20 Å². The zero-order chi connectivity index (χ0) is 46.5. The molecule has 2 aromatic heterocycles. The third-order valence-corrected chi connectivity index (χ3v) is 15.3. The number of aromatic nitrogens is 4. The van der Waals surface area contributed by atoms with Crippen LogP contribution in [-0.2, 0) is 5.41 Å². The summed E-state index contributed by atoms with van der Waals surface area (Å²) in [4.78, 5) is 25.6. The molecule has 330 valence electrons. The normalized spacial score (nSPS) is 14.8. The summed E-state index contributed by atoms with van der Waals surface area (Å²) in [6.07, 6.45) is 2.02. The highest BCUT2D eigenvalue weighted by Gasteiger charge is 2.52. The van der Waals surface area contributed by atoms with Crippen LogP contribution in [0.5, 0.6) is 11.5 Å². The Morgan fingerprint density at radius 2 is 1.09 bits per heavy atom. The summed E-state index contributed by atoms with van der Waals surface area (Å²) in [7, 11) is 0. The molecule has 0 bridgehead atoms. The largest absolute Gasteiger partial charge is 0.452 e. The Kier molecular flexibility index (Phi) is 9.07. The van der Waals surface area contributed by atoms with Crippen molar-refractivity contribution in [3.8, 4) is 68.0 Å². The van der Waals surface area contributed by atoms with Crippen molar-refractivity contribution in [2.45, 2.75) is 29.1 Å². The molecule has 0 N–H and O–H groups in total. The van der Waals surface area contributed by atoms with Gasteiger partial charge in [-0.25, -0.2) is 15.0 Å². The van der Waals surface area contributed by atoms with E-state index >= 15 is 0 Å². The number of nitrogens with zero attached hydrogens (tertiary/aromatic N) is 5. The van der Waals surface area contributed by atoms with Crippen molar-refractivity contribution in [1.29, 1.82) is 0 Å². The van der Waals surface area contributed by atoms with Crippen molar-refractivity contribution in [1.82, 2.24) is 19.9 Å². The van der Waals surface area contributed by atoms with E-state index < -0.39 is 5.41 Å². The maximum atomic E-state index is 7.16. The SMILES string of the molecule is Cc1ccc(-c2nc(-c3ccc(C)cc3)nc(-c3ccccc3-c3cnc4c(c3)C3(c5ccccc5Sc5c3ccc3c5Oc5ccccc5N3c3ccc5ccccc5c3)c3ccccc3-4)n2)cc1. The van der Waals surface area contributed by atoms with Gasteiger partial charge in [-0.05, 0) is 94.9 Å². The summed E-state index contributed by atoms with van der Waals surface area (Å²) in [5.41, 5.74) is 16.2. The molecular weight excluding hydrogens is 875 g/mol. The lowest BCUT2D eigenvalue weighted by molar-refractivity contribution is 0.461. The van der Waals surface area contributed by atoms with Gasteiger partial charge in [0.05, 0.1) is 27.4 Å². The molecule has 6 nitrogen and oxygen atoms in total. The third kappa shape index (κ3) is 6.14. The summed E-state index contributed by atoms with van der Waals surface area (Å²) in [6.45, 7) is 4.18. The van der Waals surface area contributed by atoms with Crippen LogP contribution in [0.1, 0.15) is 33.4 Å². The van der Waals surface area contributed by atoms with Crippen LogP contribution < -0.4 is 9.64 Å². The van der Waals surface area contributed by atoms with Gasteiger partial charge in [-0.15, -0.1) is 0 Å².